The maximum atomic E-state index is 14.7. The smallest absolute Gasteiger partial charge is 0.440 e. The first-order valence-corrected chi connectivity index (χ1v) is 23.8. The molecule has 1 saturated carbocycles. The molecule has 14 unspecified atom stereocenters. The lowest BCUT2D eigenvalue weighted by Gasteiger charge is -2.51. The van der Waals surface area contributed by atoms with Crippen LogP contribution in [0.2, 0.25) is 0 Å². The van der Waals surface area contributed by atoms with Crippen LogP contribution >= 0.6 is 0 Å². The molecule has 7 aliphatic rings. The lowest BCUT2D eigenvalue weighted by molar-refractivity contribution is -0.342. The first-order chi connectivity index (χ1) is 31.7. The standard InChI is InChI=1S/C50H67N3O13/c1-28-12-10-16-35-27-60-45-41(53-66-48(57)52-46(55)34-15-11-21-51-26-34)31(4)22-38(50(35,45)58)47(56)62-37-23-36(18-17-29(2)43(28)63-40-24-39(59-6)42(54)32(5)61-40)64-49(25-37)20-19-30(3)44(65-49)33-13-8-7-9-14-33/h10-12,15-17,21-22,26,28,30,32-33,36-40,42-45,54,58H,7-9,13-14,18-20,23-25,27H2,1-6H3,(H,52,55,57)/b12-10+,29-17+,35-16+,53-41+. The second-order valence-corrected chi connectivity index (χ2v) is 19.5. The van der Waals surface area contributed by atoms with Gasteiger partial charge >= 0.3 is 12.1 Å². The van der Waals surface area contributed by atoms with Crippen LogP contribution in [-0.4, -0.2) is 119 Å². The minimum atomic E-state index is -2.01. The summed E-state index contributed by atoms with van der Waals surface area (Å²) in [6, 6.07) is 3.05. The Kier molecular flexibility index (Phi) is 15.1. The number of nitrogens with one attached hydrogen (secondary N) is 1. The number of carbonyl (C=O) groups excluding carboxylic acids is 3. The molecule has 66 heavy (non-hydrogen) atoms. The van der Waals surface area contributed by atoms with Crippen LogP contribution in [0.3, 0.4) is 0 Å². The highest BCUT2D eigenvalue weighted by molar-refractivity contribution is 6.07. The number of rotatable bonds is 6. The van der Waals surface area contributed by atoms with Gasteiger partial charge in [-0.05, 0) is 87.1 Å². The Labute approximate surface area is 387 Å². The number of esters is 1. The highest BCUT2D eigenvalue weighted by Crippen LogP contribution is 2.48. The first kappa shape index (κ1) is 48.3. The molecule has 0 radical (unpaired) electrons. The zero-order valence-electron chi connectivity index (χ0n) is 39.0. The number of methoxy groups -OCH3 is 1. The van der Waals surface area contributed by atoms with Crippen molar-refractivity contribution < 1.29 is 62.6 Å². The summed E-state index contributed by atoms with van der Waals surface area (Å²) in [5, 5.41) is 29.9. The van der Waals surface area contributed by atoms with Gasteiger partial charge in [0.05, 0.1) is 42.7 Å². The van der Waals surface area contributed by atoms with E-state index < -0.39 is 78.2 Å². The molecular weight excluding hydrogens is 851 g/mol. The van der Waals surface area contributed by atoms with Crippen molar-refractivity contribution in [1.82, 2.24) is 10.3 Å². The summed E-state index contributed by atoms with van der Waals surface area (Å²) in [6.07, 6.45) is 14.7. The van der Waals surface area contributed by atoms with Gasteiger partial charge in [0.2, 0.25) is 0 Å². The molecule has 2 amide bonds. The van der Waals surface area contributed by atoms with Crippen molar-refractivity contribution >= 4 is 23.7 Å². The lowest BCUT2D eigenvalue weighted by Crippen LogP contribution is -2.58. The molecule has 8 rings (SSSR count). The van der Waals surface area contributed by atoms with Crippen molar-refractivity contribution in [3.63, 3.8) is 0 Å². The van der Waals surface area contributed by atoms with E-state index in [2.05, 4.69) is 28.5 Å². The minimum absolute atomic E-state index is 0.0197. The average Bonchev–Trinajstić information content (AvgIpc) is 3.64. The van der Waals surface area contributed by atoms with E-state index in [9.17, 15) is 24.6 Å². The van der Waals surface area contributed by atoms with Gasteiger partial charge in [-0.25, -0.2) is 4.79 Å². The second-order valence-electron chi connectivity index (χ2n) is 19.5. The minimum Gasteiger partial charge on any atom is -0.462 e. The molecule has 3 N–H and O–H groups in total. The number of hydrogen-bond acceptors (Lipinski definition) is 15. The van der Waals surface area contributed by atoms with Crippen LogP contribution in [-0.2, 0) is 42.8 Å². The summed E-state index contributed by atoms with van der Waals surface area (Å²) in [6.45, 7) is 9.72. The highest BCUT2D eigenvalue weighted by Gasteiger charge is 2.60. The van der Waals surface area contributed by atoms with Crippen molar-refractivity contribution in [2.24, 2.45) is 28.8 Å². The number of allylic oxidation sites excluding steroid dienone is 2. The van der Waals surface area contributed by atoms with E-state index in [0.717, 1.165) is 24.8 Å². The summed E-state index contributed by atoms with van der Waals surface area (Å²) >= 11 is 0. The fourth-order valence-corrected chi connectivity index (χ4v) is 11.1. The van der Waals surface area contributed by atoms with Crippen molar-refractivity contribution in [1.29, 1.82) is 0 Å². The van der Waals surface area contributed by atoms with Gasteiger partial charge in [0.1, 0.15) is 35.5 Å². The fourth-order valence-electron chi connectivity index (χ4n) is 11.1. The normalized spacial score (nSPS) is 41.6. The SMILES string of the molecule is COC1CC(OC2/C(C)=C/CC3CC(CC4(CCC(C)C(C5CCCCC5)O4)O3)OC(=O)C3C=C(C)/C(=N\OC(=O)NC(=O)c4cccnc4)C4OC/C(=C\C=C\C2C)C34O)OC(C)C1O. The average molecular weight is 918 g/mol. The summed E-state index contributed by atoms with van der Waals surface area (Å²) in [5.74, 6) is -3.03. The van der Waals surface area contributed by atoms with Crippen LogP contribution in [0.4, 0.5) is 4.79 Å². The van der Waals surface area contributed by atoms with Gasteiger partial charge < -0.3 is 43.4 Å². The molecule has 4 saturated heterocycles. The van der Waals surface area contributed by atoms with Crippen LogP contribution in [0.1, 0.15) is 116 Å². The van der Waals surface area contributed by atoms with E-state index >= 15 is 0 Å². The molecule has 0 aromatic carbocycles. The third kappa shape index (κ3) is 10.3. The largest absolute Gasteiger partial charge is 0.462 e. The number of oxime groups is 1. The van der Waals surface area contributed by atoms with Crippen LogP contribution in [0.25, 0.3) is 0 Å². The lowest BCUT2D eigenvalue weighted by atomic mass is 9.71. The molecule has 2 bridgehead atoms. The quantitative estimate of drug-likeness (QED) is 0.120. The van der Waals surface area contributed by atoms with E-state index in [4.69, 9.17) is 38.0 Å². The number of ether oxygens (including phenoxy) is 7. The summed E-state index contributed by atoms with van der Waals surface area (Å²) in [7, 11) is 1.57. The number of imide groups is 1. The zero-order chi connectivity index (χ0) is 46.8. The molecule has 1 aromatic heterocycles. The number of nitrogens with zero attached hydrogens (tertiary/aromatic N) is 2. The molecule has 1 spiro atoms. The van der Waals surface area contributed by atoms with Gasteiger partial charge in [0.25, 0.3) is 5.91 Å². The number of aromatic nitrogens is 1. The van der Waals surface area contributed by atoms with E-state index in [0.29, 0.717) is 55.1 Å². The number of hydrogen-bond donors (Lipinski definition) is 3. The molecule has 16 nitrogen and oxygen atoms in total. The summed E-state index contributed by atoms with van der Waals surface area (Å²) in [5.41, 5.74) is -0.0533. The Balaban J connectivity index is 1.13. The van der Waals surface area contributed by atoms with E-state index in [1.807, 2.05) is 19.9 Å². The van der Waals surface area contributed by atoms with Crippen molar-refractivity contribution in [2.45, 2.75) is 172 Å². The zero-order valence-corrected chi connectivity index (χ0v) is 39.0. The molecule has 5 fully saturated rings. The van der Waals surface area contributed by atoms with Gasteiger partial charge in [-0.2, -0.15) is 0 Å². The van der Waals surface area contributed by atoms with Crippen molar-refractivity contribution in [3.05, 3.63) is 77.2 Å². The van der Waals surface area contributed by atoms with Crippen molar-refractivity contribution in [2.75, 3.05) is 13.7 Å². The molecule has 5 aliphatic heterocycles. The van der Waals surface area contributed by atoms with Crippen LogP contribution in [0.5, 0.6) is 0 Å². The molecule has 14 atom stereocenters. The fraction of sp³-hybridized carbons (Fsp3) is 0.660. The maximum Gasteiger partial charge on any atom is 0.440 e. The number of fused-ring (bicyclic) bond motifs is 2. The van der Waals surface area contributed by atoms with Crippen molar-refractivity contribution in [3.8, 4) is 0 Å². The van der Waals surface area contributed by atoms with Crippen LogP contribution in [0, 0.1) is 23.7 Å². The Bertz CT molecular complexity index is 2080. The number of amides is 2. The van der Waals surface area contributed by atoms with Crippen LogP contribution in [0.15, 0.2) is 76.8 Å². The molecule has 360 valence electrons. The molecule has 1 aromatic rings. The third-order valence-corrected chi connectivity index (χ3v) is 14.8. The predicted molar refractivity (Wildman–Crippen MR) is 240 cm³/mol. The van der Waals surface area contributed by atoms with E-state index in [1.165, 1.54) is 37.7 Å². The number of aliphatic hydroxyl groups is 2. The Morgan fingerprint density at radius 3 is 2.61 bits per heavy atom. The molecular formula is C50H67N3O13. The Morgan fingerprint density at radius 1 is 1.05 bits per heavy atom. The third-order valence-electron chi connectivity index (χ3n) is 14.8. The second kappa shape index (κ2) is 20.6. The van der Waals surface area contributed by atoms with Gasteiger partial charge in [0.15, 0.2) is 12.1 Å². The van der Waals surface area contributed by atoms with Crippen LogP contribution < -0.4 is 5.32 Å². The predicted octanol–water partition coefficient (Wildman–Crippen LogP) is 6.56. The molecule has 16 heteroatoms. The first-order valence-electron chi connectivity index (χ1n) is 23.8. The van der Waals surface area contributed by atoms with Gasteiger partial charge in [-0.3, -0.25) is 24.7 Å². The Hall–Kier alpha value is -4.13. The number of carbonyl (C=O) groups is 3. The Morgan fingerprint density at radius 2 is 1.85 bits per heavy atom. The highest BCUT2D eigenvalue weighted by atomic mass is 16.7. The summed E-state index contributed by atoms with van der Waals surface area (Å²) < 4.78 is 45.5. The number of aliphatic hydroxyl groups excluding tert-OH is 1. The maximum absolute atomic E-state index is 14.7. The van der Waals surface area contributed by atoms with Gasteiger partial charge in [-0.1, -0.05) is 68.6 Å². The summed E-state index contributed by atoms with van der Waals surface area (Å²) in [4.78, 5) is 49.3. The van der Waals surface area contributed by atoms with Gasteiger partial charge in [-0.15, -0.1) is 0 Å². The van der Waals surface area contributed by atoms with Gasteiger partial charge in [0, 0.05) is 51.1 Å². The monoisotopic (exact) mass is 917 g/mol. The molecule has 6 heterocycles. The molecule has 2 aliphatic carbocycles. The topological polar surface area (TPSA) is 203 Å². The van der Waals surface area contributed by atoms with E-state index in [-0.39, 0.29) is 36.0 Å². The number of pyridine rings is 1. The van der Waals surface area contributed by atoms with E-state index in [1.54, 1.807) is 45.3 Å².